The zero-order valence-electron chi connectivity index (χ0n) is 24.0. The van der Waals surface area contributed by atoms with Crippen molar-refractivity contribution in [1.82, 2.24) is 25.1 Å². The van der Waals surface area contributed by atoms with E-state index in [1.807, 2.05) is 47.4 Å². The predicted octanol–water partition coefficient (Wildman–Crippen LogP) is 6.72. The van der Waals surface area contributed by atoms with Gasteiger partial charge in [0, 0.05) is 6.42 Å². The van der Waals surface area contributed by atoms with Gasteiger partial charge in [0.2, 0.25) is 0 Å². The van der Waals surface area contributed by atoms with Crippen LogP contribution in [-0.2, 0) is 11.3 Å². The van der Waals surface area contributed by atoms with Crippen LogP contribution < -0.4 is 5.32 Å². The Balaban J connectivity index is 1.26. The number of hydrogen-bond acceptors (Lipinski definition) is 8. The number of thiophene rings is 2. The average molecular weight is 627 g/mol. The van der Waals surface area contributed by atoms with Gasteiger partial charge in [0.15, 0.2) is 11.0 Å². The number of aromatic nitrogens is 3. The van der Waals surface area contributed by atoms with Crippen LogP contribution in [0.4, 0.5) is 0 Å². The summed E-state index contributed by atoms with van der Waals surface area (Å²) in [4.78, 5) is 28.2. The Morgan fingerprint density at radius 3 is 2.47 bits per heavy atom. The van der Waals surface area contributed by atoms with E-state index in [-0.39, 0.29) is 30.2 Å². The number of nitrogens with zero attached hydrogens (tertiary/aromatic N) is 5. The highest BCUT2D eigenvalue weighted by molar-refractivity contribution is 7.99. The molecule has 5 aromatic rings. The standard InChI is InChI=1S/C32H30N6O2S3/c1-20-9-12-23(13-10-20)26-17-24(27-6-4-14-41-27)36-38(26)30(39)19-43-32-35-34-29(18-33-31(40)28-7-5-15-42-28)37(32)25-16-21(2)8-11-22(25)3/h4-16,26H,17-19H2,1-3H3,(H,33,40)/t26-/m0/s1. The Labute approximate surface area is 262 Å². The fourth-order valence-corrected chi connectivity index (χ4v) is 7.11. The molecule has 2 amide bonds. The molecular formula is C32H30N6O2S3. The summed E-state index contributed by atoms with van der Waals surface area (Å²) in [5.74, 6) is 0.453. The summed E-state index contributed by atoms with van der Waals surface area (Å²) in [6.45, 7) is 6.31. The first kappa shape index (κ1) is 29.0. The number of aryl methyl sites for hydroxylation is 3. The molecule has 0 spiro atoms. The molecule has 1 aliphatic rings. The van der Waals surface area contributed by atoms with Crippen LogP contribution in [0.3, 0.4) is 0 Å². The molecule has 1 aliphatic heterocycles. The van der Waals surface area contributed by atoms with Gasteiger partial charge in [-0.05, 0) is 66.4 Å². The second-order valence-corrected chi connectivity index (χ2v) is 13.2. The Bertz CT molecular complexity index is 1780. The molecule has 3 aromatic heterocycles. The fraction of sp³-hybridized carbons (Fsp3) is 0.219. The van der Waals surface area contributed by atoms with Crippen molar-refractivity contribution in [3.63, 3.8) is 0 Å². The van der Waals surface area contributed by atoms with Gasteiger partial charge in [-0.3, -0.25) is 14.2 Å². The van der Waals surface area contributed by atoms with E-state index in [1.54, 1.807) is 22.4 Å². The van der Waals surface area contributed by atoms with Gasteiger partial charge in [-0.1, -0.05) is 65.9 Å². The number of rotatable bonds is 9. The molecule has 0 aliphatic carbocycles. The number of carbonyl (C=O) groups is 2. The molecule has 218 valence electrons. The first-order chi connectivity index (χ1) is 20.9. The quantitative estimate of drug-likeness (QED) is 0.184. The van der Waals surface area contributed by atoms with Gasteiger partial charge in [0.05, 0.1) is 39.5 Å². The third kappa shape index (κ3) is 6.34. The van der Waals surface area contributed by atoms with Crippen molar-refractivity contribution in [3.05, 3.63) is 115 Å². The Morgan fingerprint density at radius 2 is 1.72 bits per heavy atom. The molecule has 4 heterocycles. The highest BCUT2D eigenvalue weighted by Gasteiger charge is 2.33. The van der Waals surface area contributed by atoms with Crippen molar-refractivity contribution in [1.29, 1.82) is 0 Å². The fourth-order valence-electron chi connectivity index (χ4n) is 4.94. The van der Waals surface area contributed by atoms with E-state index in [0.29, 0.717) is 22.3 Å². The van der Waals surface area contributed by atoms with E-state index in [9.17, 15) is 9.59 Å². The SMILES string of the molecule is Cc1ccc([C@@H]2CC(c3cccs3)=NN2C(=O)CSc2nnc(CNC(=O)c3cccs3)n2-c2cc(C)ccc2C)cc1. The highest BCUT2D eigenvalue weighted by atomic mass is 32.2. The molecule has 0 fully saturated rings. The van der Waals surface area contributed by atoms with Gasteiger partial charge >= 0.3 is 0 Å². The molecule has 1 N–H and O–H groups in total. The first-order valence-corrected chi connectivity index (χ1v) is 16.6. The largest absolute Gasteiger partial charge is 0.344 e. The minimum atomic E-state index is -0.175. The third-order valence-electron chi connectivity index (χ3n) is 7.22. The maximum Gasteiger partial charge on any atom is 0.261 e. The van der Waals surface area contributed by atoms with E-state index in [4.69, 9.17) is 5.10 Å². The number of hydrazone groups is 1. The van der Waals surface area contributed by atoms with Crippen LogP contribution in [0.25, 0.3) is 5.69 Å². The molecule has 0 radical (unpaired) electrons. The van der Waals surface area contributed by atoms with Crippen LogP contribution in [0.2, 0.25) is 0 Å². The summed E-state index contributed by atoms with van der Waals surface area (Å²) in [7, 11) is 0. The van der Waals surface area contributed by atoms with Gasteiger partial charge < -0.3 is 5.32 Å². The van der Waals surface area contributed by atoms with E-state index in [1.165, 1.54) is 28.7 Å². The van der Waals surface area contributed by atoms with Crippen molar-refractivity contribution in [3.8, 4) is 5.69 Å². The predicted molar refractivity (Wildman–Crippen MR) is 173 cm³/mol. The normalized spacial score (nSPS) is 14.6. The summed E-state index contributed by atoms with van der Waals surface area (Å²) in [6, 6.07) is 22.0. The van der Waals surface area contributed by atoms with Crippen LogP contribution in [0, 0.1) is 20.8 Å². The minimum absolute atomic E-state index is 0.106. The van der Waals surface area contributed by atoms with Gasteiger partial charge in [0.25, 0.3) is 11.8 Å². The Hall–Kier alpha value is -4.06. The topological polar surface area (TPSA) is 92.5 Å². The summed E-state index contributed by atoms with van der Waals surface area (Å²) >= 11 is 4.34. The van der Waals surface area contributed by atoms with Crippen molar-refractivity contribution in [2.24, 2.45) is 5.10 Å². The first-order valence-electron chi connectivity index (χ1n) is 13.8. The average Bonchev–Trinajstić information content (AvgIpc) is 3.83. The molecule has 43 heavy (non-hydrogen) atoms. The Kier molecular flexibility index (Phi) is 8.55. The number of amides is 2. The smallest absolute Gasteiger partial charge is 0.261 e. The number of nitrogens with one attached hydrogen (secondary N) is 1. The molecule has 2 aromatic carbocycles. The molecule has 1 atom stereocenters. The van der Waals surface area contributed by atoms with Crippen LogP contribution in [-0.4, -0.2) is 43.1 Å². The highest BCUT2D eigenvalue weighted by Crippen LogP contribution is 2.35. The second kappa shape index (κ2) is 12.7. The van der Waals surface area contributed by atoms with Gasteiger partial charge in [0.1, 0.15) is 0 Å². The van der Waals surface area contributed by atoms with Gasteiger partial charge in [-0.2, -0.15) is 5.10 Å². The lowest BCUT2D eigenvalue weighted by molar-refractivity contribution is -0.130. The van der Waals surface area contributed by atoms with E-state index in [2.05, 4.69) is 64.9 Å². The summed E-state index contributed by atoms with van der Waals surface area (Å²) in [6.07, 6.45) is 0.659. The molecule has 0 bridgehead atoms. The van der Waals surface area contributed by atoms with E-state index < -0.39 is 0 Å². The summed E-state index contributed by atoms with van der Waals surface area (Å²) in [5.41, 5.74) is 6.18. The maximum absolute atomic E-state index is 13.8. The number of benzene rings is 2. The third-order valence-corrected chi connectivity index (χ3v) is 9.92. The van der Waals surface area contributed by atoms with Crippen molar-refractivity contribution >= 4 is 52.0 Å². The van der Waals surface area contributed by atoms with Gasteiger partial charge in [-0.25, -0.2) is 5.01 Å². The van der Waals surface area contributed by atoms with E-state index >= 15 is 0 Å². The number of hydrogen-bond donors (Lipinski definition) is 1. The molecular weight excluding hydrogens is 597 g/mol. The zero-order chi connectivity index (χ0) is 29.9. The summed E-state index contributed by atoms with van der Waals surface area (Å²) in [5, 5.41) is 22.8. The van der Waals surface area contributed by atoms with Gasteiger partial charge in [-0.15, -0.1) is 32.9 Å². The van der Waals surface area contributed by atoms with Crippen LogP contribution in [0.5, 0.6) is 0 Å². The minimum Gasteiger partial charge on any atom is -0.344 e. The zero-order valence-corrected chi connectivity index (χ0v) is 26.4. The molecule has 11 heteroatoms. The molecule has 6 rings (SSSR count). The van der Waals surface area contributed by atoms with E-state index in [0.717, 1.165) is 33.0 Å². The number of thioether (sulfide) groups is 1. The number of carbonyl (C=O) groups excluding carboxylic acids is 2. The van der Waals surface area contributed by atoms with Crippen molar-refractivity contribution < 1.29 is 9.59 Å². The maximum atomic E-state index is 13.8. The lowest BCUT2D eigenvalue weighted by atomic mass is 10.00. The monoisotopic (exact) mass is 626 g/mol. The van der Waals surface area contributed by atoms with Crippen LogP contribution in [0.1, 0.15) is 55.1 Å². The molecule has 8 nitrogen and oxygen atoms in total. The Morgan fingerprint density at radius 1 is 0.953 bits per heavy atom. The molecule has 0 saturated carbocycles. The van der Waals surface area contributed by atoms with Crippen molar-refractivity contribution in [2.45, 2.75) is 44.9 Å². The summed E-state index contributed by atoms with van der Waals surface area (Å²) < 4.78 is 1.94. The molecule has 0 unspecified atom stereocenters. The lowest BCUT2D eigenvalue weighted by Gasteiger charge is -2.22. The van der Waals surface area contributed by atoms with Crippen LogP contribution in [0.15, 0.2) is 87.7 Å². The lowest BCUT2D eigenvalue weighted by Crippen LogP contribution is -2.28. The molecule has 0 saturated heterocycles. The van der Waals surface area contributed by atoms with Crippen molar-refractivity contribution in [2.75, 3.05) is 5.75 Å². The second-order valence-electron chi connectivity index (χ2n) is 10.4. The van der Waals surface area contributed by atoms with Crippen LogP contribution >= 0.6 is 34.4 Å².